The van der Waals surface area contributed by atoms with Crippen molar-refractivity contribution in [3.63, 3.8) is 0 Å². The normalized spacial score (nSPS) is 11.6. The van der Waals surface area contributed by atoms with Gasteiger partial charge in [0, 0.05) is 13.1 Å². The first-order valence-electron chi connectivity index (χ1n) is 8.46. The van der Waals surface area contributed by atoms with E-state index in [2.05, 4.69) is 0 Å². The maximum Gasteiger partial charge on any atom is 0.422 e. The molecule has 0 aliphatic heterocycles. The lowest BCUT2D eigenvalue weighted by atomic mass is 10.1. The molecule has 3 rings (SSSR count). The van der Waals surface area contributed by atoms with Crippen molar-refractivity contribution in [1.29, 1.82) is 0 Å². The van der Waals surface area contributed by atoms with Crippen molar-refractivity contribution in [2.75, 3.05) is 4.90 Å². The molecule has 0 aliphatic carbocycles. The van der Waals surface area contributed by atoms with Crippen LogP contribution < -0.4 is 4.90 Å². The fourth-order valence-corrected chi connectivity index (χ4v) is 2.97. The summed E-state index contributed by atoms with van der Waals surface area (Å²) >= 11 is 0. The molecule has 0 saturated carbocycles. The van der Waals surface area contributed by atoms with Gasteiger partial charge in [0.05, 0.1) is 0 Å². The second-order valence-electron chi connectivity index (χ2n) is 6.30. The molecule has 0 N–H and O–H groups in total. The number of rotatable bonds is 5. The lowest BCUT2D eigenvalue weighted by Gasteiger charge is -2.27. The lowest BCUT2D eigenvalue weighted by molar-refractivity contribution is -0.143. The van der Waals surface area contributed by atoms with Gasteiger partial charge < -0.3 is 4.90 Å². The Morgan fingerprint density at radius 3 is 1.31 bits per heavy atom. The zero-order valence-electron chi connectivity index (χ0n) is 14.8. The molecule has 0 amide bonds. The Morgan fingerprint density at radius 1 is 0.586 bits per heavy atom. The number of hydrogen-bond donors (Lipinski definition) is 0. The van der Waals surface area contributed by atoms with Gasteiger partial charge in [0.25, 0.3) is 0 Å². The van der Waals surface area contributed by atoms with Crippen molar-refractivity contribution >= 4 is 5.69 Å². The highest BCUT2D eigenvalue weighted by Crippen LogP contribution is 2.40. The topological polar surface area (TPSA) is 3.24 Å². The molecule has 3 aromatic carbocycles. The van der Waals surface area contributed by atoms with E-state index in [4.69, 9.17) is 0 Å². The summed E-state index contributed by atoms with van der Waals surface area (Å²) in [6.45, 7) is -0.373. The van der Waals surface area contributed by atoms with Crippen molar-refractivity contribution in [2.45, 2.75) is 19.3 Å². The summed E-state index contributed by atoms with van der Waals surface area (Å²) in [5.41, 5.74) is -2.69. The fraction of sp³-hybridized carbons (Fsp3) is 0.143. The van der Waals surface area contributed by atoms with Crippen LogP contribution in [0.2, 0.25) is 0 Å². The van der Waals surface area contributed by atoms with Gasteiger partial charge in [-0.25, -0.2) is 17.6 Å². The third kappa shape index (κ3) is 4.36. The minimum atomic E-state index is -5.59. The largest absolute Gasteiger partial charge is 0.422 e. The Kier molecular flexibility index (Phi) is 5.81. The van der Waals surface area contributed by atoms with Crippen LogP contribution >= 0.6 is 0 Å². The lowest BCUT2D eigenvalue weighted by Crippen LogP contribution is -2.27. The van der Waals surface area contributed by atoms with Crippen LogP contribution in [0.1, 0.15) is 16.7 Å². The van der Waals surface area contributed by atoms with E-state index in [0.29, 0.717) is 11.1 Å². The first-order chi connectivity index (χ1) is 13.7. The van der Waals surface area contributed by atoms with E-state index in [1.165, 1.54) is 0 Å². The zero-order chi connectivity index (χ0) is 21.2. The van der Waals surface area contributed by atoms with Crippen LogP contribution in [0, 0.1) is 23.3 Å². The monoisotopic (exact) mass is 413 g/mol. The molecule has 152 valence electrons. The summed E-state index contributed by atoms with van der Waals surface area (Å²) in [5, 5.41) is 0. The predicted molar refractivity (Wildman–Crippen MR) is 94.0 cm³/mol. The van der Waals surface area contributed by atoms with Gasteiger partial charge in [-0.15, -0.1) is 0 Å². The molecule has 0 aliphatic rings. The summed E-state index contributed by atoms with van der Waals surface area (Å²) in [7, 11) is 0. The van der Waals surface area contributed by atoms with Crippen LogP contribution in [0.5, 0.6) is 0 Å². The highest BCUT2D eigenvalue weighted by Gasteiger charge is 2.43. The maximum atomic E-state index is 14.6. The number of hydrogen-bond acceptors (Lipinski definition) is 1. The molecule has 0 fully saturated rings. The molecule has 8 heteroatoms. The van der Waals surface area contributed by atoms with Crippen LogP contribution in [-0.2, 0) is 19.3 Å². The SMILES string of the molecule is Fc1c(F)c(C(F)(F)F)c(F)c(F)c1N(Cc1ccccc1)Cc1ccccc1. The van der Waals surface area contributed by atoms with Gasteiger partial charge in [-0.2, -0.15) is 13.2 Å². The molecule has 0 radical (unpaired) electrons. The molecule has 0 spiro atoms. The molecule has 0 atom stereocenters. The van der Waals surface area contributed by atoms with E-state index >= 15 is 0 Å². The molecule has 0 bridgehead atoms. The second kappa shape index (κ2) is 8.14. The van der Waals surface area contributed by atoms with Gasteiger partial charge in [0.15, 0.2) is 23.3 Å². The van der Waals surface area contributed by atoms with Gasteiger partial charge in [-0.3, -0.25) is 0 Å². The van der Waals surface area contributed by atoms with Crippen molar-refractivity contribution in [1.82, 2.24) is 0 Å². The van der Waals surface area contributed by atoms with Crippen molar-refractivity contribution in [3.05, 3.63) is 101 Å². The van der Waals surface area contributed by atoms with Gasteiger partial charge in [-0.05, 0) is 11.1 Å². The third-order valence-electron chi connectivity index (χ3n) is 4.27. The molecule has 0 heterocycles. The van der Waals surface area contributed by atoms with E-state index in [0.717, 1.165) is 4.90 Å². The quantitative estimate of drug-likeness (QED) is 0.342. The molecule has 1 nitrogen and oxygen atoms in total. The molecule has 0 saturated heterocycles. The maximum absolute atomic E-state index is 14.6. The Labute approximate surface area is 162 Å². The van der Waals surface area contributed by atoms with Crippen LogP contribution in [0.3, 0.4) is 0 Å². The third-order valence-corrected chi connectivity index (χ3v) is 4.27. The Bertz CT molecular complexity index is 915. The smallest absolute Gasteiger partial charge is 0.358 e. The van der Waals surface area contributed by atoms with Crippen molar-refractivity contribution < 1.29 is 30.7 Å². The Balaban J connectivity index is 2.14. The molecule has 0 aromatic heterocycles. The zero-order valence-corrected chi connectivity index (χ0v) is 14.8. The van der Waals surface area contributed by atoms with Crippen molar-refractivity contribution in [2.24, 2.45) is 0 Å². The summed E-state index contributed by atoms with van der Waals surface area (Å²) in [6.07, 6.45) is -5.59. The molecular formula is C21H14F7N. The first-order valence-corrected chi connectivity index (χ1v) is 8.46. The van der Waals surface area contributed by atoms with Gasteiger partial charge in [0.2, 0.25) is 0 Å². The Hall–Kier alpha value is -3.03. The van der Waals surface area contributed by atoms with Crippen molar-refractivity contribution in [3.8, 4) is 0 Å². The number of benzene rings is 3. The number of nitrogens with zero attached hydrogens (tertiary/aromatic N) is 1. The molecule has 0 unspecified atom stereocenters. The summed E-state index contributed by atoms with van der Waals surface area (Å²) in [4.78, 5) is 0.960. The first kappa shape index (κ1) is 20.7. The van der Waals surface area contributed by atoms with E-state index in [1.54, 1.807) is 60.7 Å². The highest BCUT2D eigenvalue weighted by molar-refractivity contribution is 5.53. The second-order valence-corrected chi connectivity index (χ2v) is 6.30. The van der Waals surface area contributed by atoms with Gasteiger partial charge >= 0.3 is 6.18 Å². The average molecular weight is 413 g/mol. The predicted octanol–water partition coefficient (Wildman–Crippen LogP) is 6.47. The van der Waals surface area contributed by atoms with E-state index in [1.807, 2.05) is 0 Å². The van der Waals surface area contributed by atoms with Gasteiger partial charge in [-0.1, -0.05) is 60.7 Å². The number of halogens is 7. The van der Waals surface area contributed by atoms with Crippen LogP contribution in [0.15, 0.2) is 60.7 Å². The Morgan fingerprint density at radius 2 is 0.966 bits per heavy atom. The minimum Gasteiger partial charge on any atom is -0.358 e. The van der Waals surface area contributed by atoms with Gasteiger partial charge in [0.1, 0.15) is 11.3 Å². The highest BCUT2D eigenvalue weighted by atomic mass is 19.4. The fourth-order valence-electron chi connectivity index (χ4n) is 2.97. The summed E-state index contributed by atoms with van der Waals surface area (Å²) < 4.78 is 96.0. The van der Waals surface area contributed by atoms with E-state index in [-0.39, 0.29) is 13.1 Å². The average Bonchev–Trinajstić information content (AvgIpc) is 2.67. The van der Waals surface area contributed by atoms with Crippen LogP contribution in [0.4, 0.5) is 36.4 Å². The molecular weight excluding hydrogens is 399 g/mol. The van der Waals surface area contributed by atoms with E-state index in [9.17, 15) is 30.7 Å². The van der Waals surface area contributed by atoms with Crippen LogP contribution in [-0.4, -0.2) is 0 Å². The standard InChI is InChI=1S/C21H14F7N/c22-16-15(21(26,27)28)17(23)19(25)20(18(16)24)29(11-13-7-3-1-4-8-13)12-14-9-5-2-6-10-14/h1-10H,11-12H2. The summed E-state index contributed by atoms with van der Waals surface area (Å²) in [5.74, 6) is -9.14. The number of anilines is 1. The van der Waals surface area contributed by atoms with E-state index < -0.39 is 40.7 Å². The van der Waals surface area contributed by atoms with Crippen LogP contribution in [0.25, 0.3) is 0 Å². The summed E-state index contributed by atoms with van der Waals surface area (Å²) in [6, 6.07) is 16.5. The minimum absolute atomic E-state index is 0.187. The molecule has 29 heavy (non-hydrogen) atoms. The molecule has 3 aromatic rings. The number of alkyl halides is 3.